The van der Waals surface area contributed by atoms with E-state index in [0.29, 0.717) is 19.0 Å². The summed E-state index contributed by atoms with van der Waals surface area (Å²) in [5.74, 6) is 1.36. The van der Waals surface area contributed by atoms with E-state index in [4.69, 9.17) is 16.3 Å². The largest absolute Gasteiger partial charge is 0.481 e. The highest BCUT2D eigenvalue weighted by molar-refractivity contribution is 14.0. The van der Waals surface area contributed by atoms with Crippen LogP contribution in [0.1, 0.15) is 18.1 Å². The van der Waals surface area contributed by atoms with E-state index in [2.05, 4.69) is 20.6 Å². The number of hydrogen-bond acceptors (Lipinski definition) is 3. The van der Waals surface area contributed by atoms with Gasteiger partial charge in [-0.1, -0.05) is 23.7 Å². The van der Waals surface area contributed by atoms with Crippen LogP contribution >= 0.6 is 35.6 Å². The second-order valence-electron chi connectivity index (χ2n) is 4.89. The van der Waals surface area contributed by atoms with Crippen LogP contribution in [0.4, 0.5) is 0 Å². The van der Waals surface area contributed by atoms with Crippen molar-refractivity contribution in [2.75, 3.05) is 13.7 Å². The van der Waals surface area contributed by atoms with Crippen molar-refractivity contribution in [1.82, 2.24) is 15.6 Å². The molecule has 0 bridgehead atoms. The number of nitrogens with one attached hydrogen (secondary N) is 2. The van der Waals surface area contributed by atoms with Gasteiger partial charge in [0, 0.05) is 30.4 Å². The van der Waals surface area contributed by atoms with Crippen molar-refractivity contribution < 1.29 is 4.74 Å². The number of guanidine groups is 1. The zero-order valence-corrected chi connectivity index (χ0v) is 16.8. The first-order chi connectivity index (χ1) is 11.2. The van der Waals surface area contributed by atoms with Gasteiger partial charge in [-0.3, -0.25) is 0 Å². The zero-order chi connectivity index (χ0) is 16.5. The number of methoxy groups -OCH3 is 1. The summed E-state index contributed by atoms with van der Waals surface area (Å²) < 4.78 is 5.13. The van der Waals surface area contributed by atoms with E-state index >= 15 is 0 Å². The minimum atomic E-state index is 0. The smallest absolute Gasteiger partial charge is 0.213 e. The van der Waals surface area contributed by atoms with Crippen LogP contribution in [0.15, 0.2) is 47.6 Å². The minimum absolute atomic E-state index is 0. The number of hydrogen-bond donors (Lipinski definition) is 2. The number of ether oxygens (including phenoxy) is 1. The Balaban J connectivity index is 0.00000288. The Morgan fingerprint density at radius 3 is 2.75 bits per heavy atom. The molecule has 130 valence electrons. The maximum Gasteiger partial charge on any atom is 0.213 e. The molecule has 0 radical (unpaired) electrons. The predicted molar refractivity (Wildman–Crippen MR) is 109 cm³/mol. The van der Waals surface area contributed by atoms with Crippen LogP contribution in [-0.2, 0) is 13.1 Å². The van der Waals surface area contributed by atoms with E-state index in [9.17, 15) is 0 Å². The molecule has 0 atom stereocenters. The van der Waals surface area contributed by atoms with Crippen molar-refractivity contribution in [3.63, 3.8) is 0 Å². The van der Waals surface area contributed by atoms with Gasteiger partial charge in [0.25, 0.3) is 0 Å². The summed E-state index contributed by atoms with van der Waals surface area (Å²) in [6.07, 6.45) is 1.73. The number of rotatable bonds is 6. The molecule has 1 heterocycles. The zero-order valence-electron chi connectivity index (χ0n) is 13.8. The van der Waals surface area contributed by atoms with Gasteiger partial charge in [-0.15, -0.1) is 24.0 Å². The molecule has 0 saturated heterocycles. The second-order valence-corrected chi connectivity index (χ2v) is 5.32. The third kappa shape index (κ3) is 6.92. The Morgan fingerprint density at radius 2 is 2.04 bits per heavy atom. The average molecular weight is 461 g/mol. The van der Waals surface area contributed by atoms with Crippen molar-refractivity contribution in [3.05, 3.63) is 58.7 Å². The number of halogens is 2. The molecular weight excluding hydrogens is 439 g/mol. The summed E-state index contributed by atoms with van der Waals surface area (Å²) in [7, 11) is 1.61. The van der Waals surface area contributed by atoms with Crippen molar-refractivity contribution >= 4 is 41.5 Å². The Kier molecular flexibility index (Phi) is 9.48. The highest BCUT2D eigenvalue weighted by Crippen LogP contribution is 2.11. The van der Waals surface area contributed by atoms with Gasteiger partial charge in [-0.2, -0.15) is 0 Å². The third-order valence-corrected chi connectivity index (χ3v) is 3.36. The minimum Gasteiger partial charge on any atom is -0.481 e. The quantitative estimate of drug-likeness (QED) is 0.393. The van der Waals surface area contributed by atoms with Crippen molar-refractivity contribution in [3.8, 4) is 5.88 Å². The number of aliphatic imine (C=N–C) groups is 1. The van der Waals surface area contributed by atoms with E-state index in [1.165, 1.54) is 0 Å². The molecule has 0 aliphatic heterocycles. The molecule has 0 amide bonds. The van der Waals surface area contributed by atoms with Gasteiger partial charge in [0.05, 0.1) is 13.7 Å². The van der Waals surface area contributed by atoms with Crippen molar-refractivity contribution in [1.29, 1.82) is 0 Å². The first-order valence-electron chi connectivity index (χ1n) is 7.47. The maximum absolute atomic E-state index is 5.99. The van der Waals surface area contributed by atoms with Gasteiger partial charge in [-0.05, 0) is 36.2 Å². The molecule has 2 rings (SSSR count). The van der Waals surface area contributed by atoms with Gasteiger partial charge in [0.15, 0.2) is 5.96 Å². The third-order valence-electron chi connectivity index (χ3n) is 3.12. The first-order valence-corrected chi connectivity index (χ1v) is 7.84. The van der Waals surface area contributed by atoms with Crippen LogP contribution in [0.25, 0.3) is 0 Å². The lowest BCUT2D eigenvalue weighted by atomic mass is 10.2. The fourth-order valence-corrected chi connectivity index (χ4v) is 2.22. The number of nitrogens with zero attached hydrogens (tertiary/aromatic N) is 2. The van der Waals surface area contributed by atoms with E-state index in [0.717, 1.165) is 28.7 Å². The summed E-state index contributed by atoms with van der Waals surface area (Å²) in [5, 5.41) is 7.24. The molecule has 0 fully saturated rings. The van der Waals surface area contributed by atoms with Crippen LogP contribution in [-0.4, -0.2) is 24.6 Å². The molecule has 7 heteroatoms. The Labute approximate surface area is 164 Å². The molecule has 24 heavy (non-hydrogen) atoms. The van der Waals surface area contributed by atoms with Crippen LogP contribution in [0.2, 0.25) is 5.02 Å². The van der Waals surface area contributed by atoms with E-state index in [1.54, 1.807) is 13.3 Å². The van der Waals surface area contributed by atoms with Crippen molar-refractivity contribution in [2.24, 2.45) is 4.99 Å². The highest BCUT2D eigenvalue weighted by atomic mass is 127. The lowest BCUT2D eigenvalue weighted by Gasteiger charge is -2.12. The molecule has 0 spiro atoms. The van der Waals surface area contributed by atoms with Crippen LogP contribution in [0.3, 0.4) is 0 Å². The van der Waals surface area contributed by atoms with Gasteiger partial charge in [-0.25, -0.2) is 9.98 Å². The average Bonchev–Trinajstić information content (AvgIpc) is 2.57. The maximum atomic E-state index is 5.99. The fraction of sp³-hybridized carbons (Fsp3) is 0.294. The molecule has 1 aromatic heterocycles. The highest BCUT2D eigenvalue weighted by Gasteiger charge is 2.01. The molecule has 5 nitrogen and oxygen atoms in total. The topological polar surface area (TPSA) is 58.5 Å². The molecule has 0 aliphatic carbocycles. The van der Waals surface area contributed by atoms with Gasteiger partial charge in [0.2, 0.25) is 5.88 Å². The predicted octanol–water partition coefficient (Wildman–Crippen LogP) is 3.62. The summed E-state index contributed by atoms with van der Waals surface area (Å²) in [6, 6.07) is 11.5. The summed E-state index contributed by atoms with van der Waals surface area (Å²) >= 11 is 5.99. The fourth-order valence-electron chi connectivity index (χ4n) is 2.01. The standard InChI is InChI=1S/C17H21ClN4O.HI/c1-3-19-17(21-11-13-5-4-6-15(18)9-13)22-12-14-7-8-20-16(10-14)23-2;/h4-10H,3,11-12H2,1-2H3,(H2,19,21,22);1H. The van der Waals surface area contributed by atoms with Gasteiger partial charge >= 0.3 is 0 Å². The summed E-state index contributed by atoms with van der Waals surface area (Å²) in [5.41, 5.74) is 2.14. The van der Waals surface area contributed by atoms with Gasteiger partial charge in [0.1, 0.15) is 0 Å². The molecule has 2 aromatic rings. The lowest BCUT2D eigenvalue weighted by Crippen LogP contribution is -2.36. The van der Waals surface area contributed by atoms with Crippen LogP contribution < -0.4 is 15.4 Å². The Morgan fingerprint density at radius 1 is 1.21 bits per heavy atom. The Hall–Kier alpha value is -1.54. The summed E-state index contributed by atoms with van der Waals surface area (Å²) in [4.78, 5) is 8.67. The van der Waals surface area contributed by atoms with Crippen molar-refractivity contribution in [2.45, 2.75) is 20.0 Å². The molecule has 0 aliphatic rings. The first kappa shape index (κ1) is 20.5. The summed E-state index contributed by atoms with van der Waals surface area (Å²) in [6.45, 7) is 4.03. The van der Waals surface area contributed by atoms with E-state index < -0.39 is 0 Å². The SMILES string of the molecule is CCNC(=NCc1cccc(Cl)c1)NCc1ccnc(OC)c1.I. The molecule has 1 aromatic carbocycles. The van der Waals surface area contributed by atoms with E-state index in [1.807, 2.05) is 43.3 Å². The monoisotopic (exact) mass is 460 g/mol. The second kappa shape index (κ2) is 11.1. The lowest BCUT2D eigenvalue weighted by molar-refractivity contribution is 0.397. The normalized spacial score (nSPS) is 10.7. The van der Waals surface area contributed by atoms with Crippen LogP contribution in [0.5, 0.6) is 5.88 Å². The number of pyridine rings is 1. The van der Waals surface area contributed by atoms with Crippen LogP contribution in [0, 0.1) is 0 Å². The molecular formula is C17H22ClIN4O. The molecule has 2 N–H and O–H groups in total. The van der Waals surface area contributed by atoms with E-state index in [-0.39, 0.29) is 24.0 Å². The number of aromatic nitrogens is 1. The molecule has 0 unspecified atom stereocenters. The Bertz CT molecular complexity index is 667. The number of benzene rings is 1. The molecule has 0 saturated carbocycles. The van der Waals surface area contributed by atoms with Gasteiger partial charge < -0.3 is 15.4 Å².